The molecule has 0 aliphatic rings. The van der Waals surface area contributed by atoms with Crippen LogP contribution in [0.1, 0.15) is 32.8 Å². The first-order valence-electron chi connectivity index (χ1n) is 9.87. The van der Waals surface area contributed by atoms with E-state index in [2.05, 4.69) is 50.2 Å². The molecule has 0 N–H and O–H groups in total. The van der Waals surface area contributed by atoms with Gasteiger partial charge in [0.25, 0.3) is 0 Å². The summed E-state index contributed by atoms with van der Waals surface area (Å²) < 4.78 is 9.36. The van der Waals surface area contributed by atoms with Crippen LogP contribution < -0.4 is 66.2 Å². The first kappa shape index (κ1) is 47.7. The molecule has 0 aliphatic carbocycles. The molecule has 9 heteroatoms. The molecule has 0 atom stereocenters. The van der Waals surface area contributed by atoms with E-state index in [4.69, 9.17) is 14.3 Å². The SMILES string of the molecule is CC(C)(C)O[C-]=O.[CH-]=O.[CH2-]CN(C[CH2-])c1cc[c-]cc1.[CH2-]C[C-]=O.[CH2-]c1ccc(OC)cc1.[Li+].[Li+].[Li+]. The van der Waals surface area contributed by atoms with Crippen LogP contribution in [0.3, 0.4) is 0 Å². The fraction of sp³-hybridized carbons (Fsp3) is 0.296. The fourth-order valence-corrected chi connectivity index (χ4v) is 1.71. The zero-order chi connectivity index (χ0) is 26.1. The Morgan fingerprint density at radius 2 is 1.33 bits per heavy atom. The Labute approximate surface area is 255 Å². The number of rotatable bonds is 6. The summed E-state index contributed by atoms with van der Waals surface area (Å²) in [5, 5.41) is 0. The monoisotopic (exact) mass is 474 g/mol. The first-order valence-corrected chi connectivity index (χ1v) is 9.87. The van der Waals surface area contributed by atoms with Crippen LogP contribution in [-0.4, -0.2) is 45.3 Å². The second kappa shape index (κ2) is 33.5. The van der Waals surface area contributed by atoms with Crippen LogP contribution in [0.5, 0.6) is 5.75 Å². The fourth-order valence-electron chi connectivity index (χ4n) is 1.71. The molecule has 0 fully saturated rings. The minimum absolute atomic E-state index is 0. The summed E-state index contributed by atoms with van der Waals surface area (Å²) in [6.07, 6.45) is 1.83. The van der Waals surface area contributed by atoms with Crippen molar-refractivity contribution in [3.8, 4) is 5.75 Å². The predicted molar refractivity (Wildman–Crippen MR) is 135 cm³/mol. The van der Waals surface area contributed by atoms with Gasteiger partial charge in [0.15, 0.2) is 0 Å². The Bertz CT molecular complexity index is 693. The zero-order valence-electron chi connectivity index (χ0n) is 23.1. The summed E-state index contributed by atoms with van der Waals surface area (Å²) in [6.45, 7) is 26.0. The van der Waals surface area contributed by atoms with Gasteiger partial charge in [-0.3, -0.25) is 19.5 Å². The summed E-state index contributed by atoms with van der Waals surface area (Å²) in [6, 6.07) is 18.4. The van der Waals surface area contributed by atoms with Crippen LogP contribution >= 0.6 is 0 Å². The van der Waals surface area contributed by atoms with E-state index >= 15 is 0 Å². The van der Waals surface area contributed by atoms with E-state index in [1.165, 1.54) is 6.47 Å². The van der Waals surface area contributed by atoms with Crippen LogP contribution in [0.2, 0.25) is 0 Å². The van der Waals surface area contributed by atoms with Crippen LogP contribution in [0.4, 0.5) is 5.69 Å². The molecule has 0 aromatic heterocycles. The maximum absolute atomic E-state index is 9.47. The summed E-state index contributed by atoms with van der Waals surface area (Å²) in [5.74, 6) is 0.877. The Morgan fingerprint density at radius 1 is 0.917 bits per heavy atom. The first-order chi connectivity index (χ1) is 15.7. The molecule has 2 aromatic carbocycles. The molecule has 0 aliphatic heterocycles. The molecule has 0 amide bonds. The van der Waals surface area contributed by atoms with Gasteiger partial charge in [-0.05, 0) is 20.8 Å². The van der Waals surface area contributed by atoms with Crippen molar-refractivity contribution in [3.63, 3.8) is 0 Å². The Kier molecular flexibility index (Phi) is 44.4. The van der Waals surface area contributed by atoms with E-state index in [-0.39, 0.29) is 68.6 Å². The summed E-state index contributed by atoms with van der Waals surface area (Å²) in [5.41, 5.74) is 1.80. The Balaban J connectivity index is -0.0000000828. The summed E-state index contributed by atoms with van der Waals surface area (Å²) >= 11 is 0. The largest absolute Gasteiger partial charge is 1.00 e. The van der Waals surface area contributed by atoms with Crippen molar-refractivity contribution in [3.05, 3.63) is 87.9 Å². The third-order valence-corrected chi connectivity index (χ3v) is 3.21. The zero-order valence-corrected chi connectivity index (χ0v) is 23.1. The number of nitrogens with zero attached hydrogens (tertiary/aromatic N) is 1. The summed E-state index contributed by atoms with van der Waals surface area (Å²) in [4.78, 5) is 28.3. The summed E-state index contributed by atoms with van der Waals surface area (Å²) in [7, 11) is 1.65. The smallest absolute Gasteiger partial charge is 0.649 e. The molecule has 0 bridgehead atoms. The number of carbonyl (C=O) groups excluding carboxylic acids is 3. The van der Waals surface area contributed by atoms with E-state index in [0.717, 1.165) is 30.1 Å². The van der Waals surface area contributed by atoms with Crippen molar-refractivity contribution < 1.29 is 80.4 Å². The van der Waals surface area contributed by atoms with E-state index in [0.29, 0.717) is 0 Å². The van der Waals surface area contributed by atoms with Gasteiger partial charge in [-0.25, -0.2) is 0 Å². The van der Waals surface area contributed by atoms with Crippen LogP contribution in [0.25, 0.3) is 0 Å². The molecular formula is C27H35Li3NO5-5. The average molecular weight is 474 g/mol. The minimum Gasteiger partial charge on any atom is -0.649 e. The number of hydrogen-bond acceptors (Lipinski definition) is 6. The van der Waals surface area contributed by atoms with E-state index in [1.807, 2.05) is 48.5 Å². The maximum Gasteiger partial charge on any atom is 1.00 e. The van der Waals surface area contributed by atoms with Gasteiger partial charge in [-0.15, -0.1) is 25.2 Å². The number of ether oxygens (including phenoxy) is 2. The van der Waals surface area contributed by atoms with Gasteiger partial charge in [0.05, 0.1) is 18.5 Å². The number of hydrogen-bond donors (Lipinski definition) is 0. The quantitative estimate of drug-likeness (QED) is 0.240. The van der Waals surface area contributed by atoms with Crippen molar-refractivity contribution in [2.24, 2.45) is 0 Å². The average Bonchev–Trinajstić information content (AvgIpc) is 2.83. The van der Waals surface area contributed by atoms with E-state index in [9.17, 15) is 4.79 Å². The molecule has 36 heavy (non-hydrogen) atoms. The topological polar surface area (TPSA) is 72.9 Å². The van der Waals surface area contributed by atoms with Crippen LogP contribution in [-0.2, 0) is 19.1 Å². The van der Waals surface area contributed by atoms with Gasteiger partial charge < -0.3 is 49.5 Å². The molecule has 186 valence electrons. The third kappa shape index (κ3) is 32.5. The number of benzene rings is 2. The maximum atomic E-state index is 9.47. The number of methoxy groups -OCH3 is 1. The van der Waals surface area contributed by atoms with Crippen molar-refractivity contribution in [2.45, 2.75) is 32.8 Å². The molecule has 0 radical (unpaired) electrons. The second-order valence-corrected chi connectivity index (χ2v) is 6.79. The number of anilines is 1. The molecule has 0 saturated heterocycles. The van der Waals surface area contributed by atoms with Crippen molar-refractivity contribution in [1.82, 2.24) is 0 Å². The molecule has 2 aromatic rings. The van der Waals surface area contributed by atoms with Gasteiger partial charge in [-0.1, -0.05) is 24.3 Å². The van der Waals surface area contributed by atoms with Crippen molar-refractivity contribution >= 4 is 25.2 Å². The van der Waals surface area contributed by atoms with Crippen molar-refractivity contribution in [2.75, 3.05) is 25.1 Å². The normalized spacial score (nSPS) is 8.08. The van der Waals surface area contributed by atoms with Gasteiger partial charge >= 0.3 is 56.6 Å². The molecule has 0 spiro atoms. The Hall–Kier alpha value is -1.49. The van der Waals surface area contributed by atoms with Crippen molar-refractivity contribution in [1.29, 1.82) is 0 Å². The minimum atomic E-state index is -0.373. The van der Waals surface area contributed by atoms with Gasteiger partial charge in [0.2, 0.25) is 0 Å². The van der Waals surface area contributed by atoms with E-state index < -0.39 is 0 Å². The second-order valence-electron chi connectivity index (χ2n) is 6.79. The molecule has 0 heterocycles. The van der Waals surface area contributed by atoms with Gasteiger partial charge in [0.1, 0.15) is 0 Å². The molecule has 6 nitrogen and oxygen atoms in total. The van der Waals surface area contributed by atoms with Crippen LogP contribution in [0.15, 0.2) is 48.5 Å². The standard InChI is InChI=1S/C10H12N.C8H9O.C5H9O2.C3H4O.CHO.3Li/c1-3-11(4-2)10-8-6-5-7-9-10;1-7-3-5-8(9-2)6-4-7;1-5(2,3)7-4-6;1-2-3-4;1-2;;;/h6-9H,1-4H2;3-6H,1H2,2H3;1-3H3;1-2H2;1H;;;/q-3;2*-1;-2;-1;3*+1. The van der Waals surface area contributed by atoms with E-state index in [1.54, 1.807) is 34.2 Å². The molecular weight excluding hydrogens is 439 g/mol. The molecule has 0 unspecified atom stereocenters. The predicted octanol–water partition coefficient (Wildman–Crippen LogP) is -4.23. The van der Waals surface area contributed by atoms with Gasteiger partial charge in [0, 0.05) is 0 Å². The molecule has 0 saturated carbocycles. The third-order valence-electron chi connectivity index (χ3n) is 3.21. The van der Waals surface area contributed by atoms with Gasteiger partial charge in [-0.2, -0.15) is 42.8 Å². The molecule has 2 rings (SSSR count). The Morgan fingerprint density at radius 3 is 1.58 bits per heavy atom. The van der Waals surface area contributed by atoms with Crippen LogP contribution in [0, 0.1) is 33.8 Å².